The highest BCUT2D eigenvalue weighted by molar-refractivity contribution is 6.31. The van der Waals surface area contributed by atoms with Gasteiger partial charge < -0.3 is 4.74 Å². The molecular weight excluding hydrogens is 250 g/mol. The van der Waals surface area contributed by atoms with Crippen molar-refractivity contribution in [1.29, 1.82) is 0 Å². The zero-order valence-electron chi connectivity index (χ0n) is 9.42. The average molecular weight is 260 g/mol. The third-order valence-electron chi connectivity index (χ3n) is 2.09. The molecule has 0 fully saturated rings. The molecule has 0 bridgehead atoms. The molecule has 0 spiro atoms. The number of halogens is 1. The van der Waals surface area contributed by atoms with Crippen LogP contribution in [0.3, 0.4) is 0 Å². The van der Waals surface area contributed by atoms with Crippen LogP contribution >= 0.6 is 11.6 Å². The third-order valence-corrected chi connectivity index (χ3v) is 2.32. The van der Waals surface area contributed by atoms with Gasteiger partial charge in [-0.15, -0.1) is 0 Å². The highest BCUT2D eigenvalue weighted by Crippen LogP contribution is 2.17. The van der Waals surface area contributed by atoms with E-state index in [-0.39, 0.29) is 0 Å². The van der Waals surface area contributed by atoms with E-state index in [1.54, 1.807) is 48.5 Å². The summed E-state index contributed by atoms with van der Waals surface area (Å²) in [6.45, 7) is 0. The van der Waals surface area contributed by atoms with E-state index < -0.39 is 5.97 Å². The minimum atomic E-state index is -0.527. The molecule has 0 N–H and O–H groups in total. The molecule has 18 heavy (non-hydrogen) atoms. The van der Waals surface area contributed by atoms with E-state index in [0.717, 1.165) is 6.21 Å². The van der Waals surface area contributed by atoms with Gasteiger partial charge >= 0.3 is 5.97 Å². The summed E-state index contributed by atoms with van der Waals surface area (Å²) >= 11 is 5.80. The molecule has 0 amide bonds. The lowest BCUT2D eigenvalue weighted by Crippen LogP contribution is -2.08. The summed E-state index contributed by atoms with van der Waals surface area (Å²) in [5, 5.41) is 0.570. The fourth-order valence-corrected chi connectivity index (χ4v) is 1.50. The first-order valence-electron chi connectivity index (χ1n) is 5.30. The van der Waals surface area contributed by atoms with E-state index in [0.29, 0.717) is 16.5 Å². The number of ether oxygens (including phenoxy) is 1. The minimum Gasteiger partial charge on any atom is -0.422 e. The second-order valence-corrected chi connectivity index (χ2v) is 3.91. The Labute approximate surface area is 110 Å². The van der Waals surface area contributed by atoms with Gasteiger partial charge in [0.2, 0.25) is 0 Å². The van der Waals surface area contributed by atoms with Gasteiger partial charge in [-0.2, -0.15) is 0 Å². The second kappa shape index (κ2) is 5.98. The standard InChI is InChI=1S/C14H10ClNO2/c15-11-5-4-6-12(9-11)16-10-14(17)18-13-7-2-1-3-8-13/h1-10H. The smallest absolute Gasteiger partial charge is 0.354 e. The lowest BCUT2D eigenvalue weighted by molar-refractivity contribution is -0.126. The summed E-state index contributed by atoms with van der Waals surface area (Å²) in [4.78, 5) is 15.4. The minimum absolute atomic E-state index is 0.486. The fraction of sp³-hybridized carbons (Fsp3) is 0. The van der Waals surface area contributed by atoms with Gasteiger partial charge in [0.25, 0.3) is 0 Å². The lowest BCUT2D eigenvalue weighted by atomic mass is 10.3. The number of carbonyl (C=O) groups excluding carboxylic acids is 1. The molecule has 0 aliphatic carbocycles. The second-order valence-electron chi connectivity index (χ2n) is 3.47. The first-order chi connectivity index (χ1) is 8.74. The molecule has 2 rings (SSSR count). The third kappa shape index (κ3) is 3.71. The molecule has 0 aliphatic rings. The summed E-state index contributed by atoms with van der Waals surface area (Å²) in [5.74, 6) is -0.0405. The van der Waals surface area contributed by atoms with E-state index in [1.807, 2.05) is 6.07 Å². The Hall–Kier alpha value is -2.13. The molecule has 0 atom stereocenters. The van der Waals surface area contributed by atoms with E-state index in [2.05, 4.69) is 4.99 Å². The van der Waals surface area contributed by atoms with Crippen LogP contribution in [0.5, 0.6) is 5.75 Å². The molecule has 0 aliphatic heterocycles. The van der Waals surface area contributed by atoms with Gasteiger partial charge in [-0.25, -0.2) is 9.79 Å². The number of hydrogen-bond donors (Lipinski definition) is 0. The number of para-hydroxylation sites is 1. The van der Waals surface area contributed by atoms with Crippen molar-refractivity contribution < 1.29 is 9.53 Å². The Kier molecular flexibility index (Phi) is 4.10. The molecule has 3 nitrogen and oxygen atoms in total. The SMILES string of the molecule is O=C(C=Nc1cccc(Cl)c1)Oc1ccccc1. The van der Waals surface area contributed by atoms with Crippen molar-refractivity contribution in [3.05, 3.63) is 59.6 Å². The molecule has 2 aromatic rings. The summed E-state index contributed by atoms with van der Waals surface area (Å²) in [6, 6.07) is 15.7. The summed E-state index contributed by atoms with van der Waals surface area (Å²) in [5.41, 5.74) is 0.604. The zero-order chi connectivity index (χ0) is 12.8. The number of esters is 1. The number of hydrogen-bond acceptors (Lipinski definition) is 3. The quantitative estimate of drug-likeness (QED) is 0.479. The zero-order valence-corrected chi connectivity index (χ0v) is 10.2. The van der Waals surface area contributed by atoms with Gasteiger partial charge in [0.05, 0.1) is 5.69 Å². The molecule has 90 valence electrons. The molecular formula is C14H10ClNO2. The first kappa shape index (κ1) is 12.3. The van der Waals surface area contributed by atoms with Crippen molar-refractivity contribution in [3.8, 4) is 5.75 Å². The van der Waals surface area contributed by atoms with Crippen LogP contribution in [0.2, 0.25) is 5.02 Å². The van der Waals surface area contributed by atoms with Crippen molar-refractivity contribution in [1.82, 2.24) is 0 Å². The van der Waals surface area contributed by atoms with Gasteiger partial charge in [0.15, 0.2) is 0 Å². The highest BCUT2D eigenvalue weighted by atomic mass is 35.5. The van der Waals surface area contributed by atoms with E-state index >= 15 is 0 Å². The largest absolute Gasteiger partial charge is 0.422 e. The molecule has 2 aromatic carbocycles. The Morgan fingerprint density at radius 2 is 1.89 bits per heavy atom. The van der Waals surface area contributed by atoms with Crippen LogP contribution in [0.4, 0.5) is 5.69 Å². The van der Waals surface area contributed by atoms with Crippen LogP contribution in [0.1, 0.15) is 0 Å². The Balaban J connectivity index is 1.99. The van der Waals surface area contributed by atoms with E-state index in [9.17, 15) is 4.79 Å². The lowest BCUT2D eigenvalue weighted by Gasteiger charge is -1.99. The number of carbonyl (C=O) groups is 1. The van der Waals surface area contributed by atoms with Crippen LogP contribution in [0, 0.1) is 0 Å². The van der Waals surface area contributed by atoms with Crippen molar-refractivity contribution in [2.75, 3.05) is 0 Å². The Morgan fingerprint density at radius 3 is 2.61 bits per heavy atom. The number of aliphatic imine (C=N–C) groups is 1. The van der Waals surface area contributed by atoms with Crippen LogP contribution in [0.25, 0.3) is 0 Å². The molecule has 0 radical (unpaired) electrons. The molecule has 0 heterocycles. The van der Waals surface area contributed by atoms with Crippen molar-refractivity contribution in [3.63, 3.8) is 0 Å². The topological polar surface area (TPSA) is 38.7 Å². The molecule has 4 heteroatoms. The summed E-state index contributed by atoms with van der Waals surface area (Å²) < 4.78 is 5.05. The monoisotopic (exact) mass is 259 g/mol. The predicted molar refractivity (Wildman–Crippen MR) is 71.7 cm³/mol. The first-order valence-corrected chi connectivity index (χ1v) is 5.68. The van der Waals surface area contributed by atoms with Gasteiger partial charge in [0, 0.05) is 5.02 Å². The Bertz CT molecular complexity index is 567. The average Bonchev–Trinajstić information content (AvgIpc) is 2.38. The van der Waals surface area contributed by atoms with Crippen molar-refractivity contribution in [2.45, 2.75) is 0 Å². The van der Waals surface area contributed by atoms with Gasteiger partial charge in [-0.1, -0.05) is 35.9 Å². The van der Waals surface area contributed by atoms with Crippen molar-refractivity contribution >= 4 is 29.5 Å². The Morgan fingerprint density at radius 1 is 1.11 bits per heavy atom. The summed E-state index contributed by atoms with van der Waals surface area (Å²) in [7, 11) is 0. The fourth-order valence-electron chi connectivity index (χ4n) is 1.31. The number of rotatable bonds is 3. The number of nitrogens with zero attached hydrogens (tertiary/aromatic N) is 1. The van der Waals surface area contributed by atoms with Gasteiger partial charge in [0.1, 0.15) is 12.0 Å². The maximum Gasteiger partial charge on any atom is 0.354 e. The van der Waals surface area contributed by atoms with Crippen molar-refractivity contribution in [2.24, 2.45) is 4.99 Å². The van der Waals surface area contributed by atoms with Crippen LogP contribution in [0.15, 0.2) is 59.6 Å². The predicted octanol–water partition coefficient (Wildman–Crippen LogP) is 3.65. The molecule has 0 saturated carbocycles. The molecule has 0 saturated heterocycles. The maximum atomic E-state index is 11.5. The van der Waals surface area contributed by atoms with E-state index in [4.69, 9.17) is 16.3 Å². The van der Waals surface area contributed by atoms with Crippen LogP contribution in [-0.4, -0.2) is 12.2 Å². The normalized spacial score (nSPS) is 10.5. The number of benzene rings is 2. The van der Waals surface area contributed by atoms with Gasteiger partial charge in [-0.05, 0) is 30.3 Å². The molecule has 0 aromatic heterocycles. The highest BCUT2D eigenvalue weighted by Gasteiger charge is 2.00. The van der Waals surface area contributed by atoms with Gasteiger partial charge in [-0.3, -0.25) is 0 Å². The van der Waals surface area contributed by atoms with Crippen LogP contribution < -0.4 is 4.74 Å². The van der Waals surface area contributed by atoms with E-state index in [1.165, 1.54) is 0 Å². The molecule has 0 unspecified atom stereocenters. The maximum absolute atomic E-state index is 11.5. The van der Waals surface area contributed by atoms with Crippen LogP contribution in [-0.2, 0) is 4.79 Å². The summed E-state index contributed by atoms with van der Waals surface area (Å²) in [6.07, 6.45) is 1.12.